The summed E-state index contributed by atoms with van der Waals surface area (Å²) in [6, 6.07) is 40.5. The number of rotatable bonds is 12. The molecule has 2 amide bonds. The number of fused-ring (bicyclic) bond motifs is 2. The van der Waals surface area contributed by atoms with Gasteiger partial charge in [0.05, 0.1) is 0 Å². The molecular weight excluding hydrogens is 809 g/mol. The van der Waals surface area contributed by atoms with E-state index in [1.54, 1.807) is 13.8 Å². The number of hydrogen-bond acceptors (Lipinski definition) is 2. The minimum atomic E-state index is -0.826. The molecule has 0 aliphatic heterocycles. The molecule has 4 nitrogen and oxygen atoms in total. The Bertz CT molecular complexity index is 1950. The maximum atomic E-state index is 10.6. The van der Waals surface area contributed by atoms with Gasteiger partial charge in [0.1, 0.15) is 0 Å². The Kier molecular flexibility index (Phi) is 21.0. The van der Waals surface area contributed by atoms with Crippen LogP contribution in [0.1, 0.15) is 115 Å². The van der Waals surface area contributed by atoms with Crippen LogP contribution in [-0.4, -0.2) is 19.4 Å². The summed E-state index contributed by atoms with van der Waals surface area (Å²) in [4.78, 5) is 21.2. The van der Waals surface area contributed by atoms with E-state index in [-0.39, 0.29) is 11.8 Å². The van der Waals surface area contributed by atoms with E-state index in [9.17, 15) is 9.59 Å². The van der Waals surface area contributed by atoms with Crippen molar-refractivity contribution in [3.63, 3.8) is 0 Å². The molecule has 56 heavy (non-hydrogen) atoms. The molecule has 1 radical (unpaired) electrons. The van der Waals surface area contributed by atoms with E-state index in [1.807, 2.05) is 0 Å². The number of nitrogens with one attached hydrogen (secondary N) is 2. The van der Waals surface area contributed by atoms with Gasteiger partial charge in [-0.25, -0.2) is 0 Å². The fraction of sp³-hybridized carbons (Fsp3) is 0.333. The summed E-state index contributed by atoms with van der Waals surface area (Å²) in [6.45, 7) is 17.0. The van der Waals surface area contributed by atoms with Gasteiger partial charge < -0.3 is 10.5 Å². The molecule has 0 spiro atoms. The van der Waals surface area contributed by atoms with Crippen LogP contribution >= 0.6 is 17.0 Å². The first-order valence-electron chi connectivity index (χ1n) is 19.9. The quantitative estimate of drug-likeness (QED) is 0.0951. The molecule has 0 saturated heterocycles. The third-order valence-electron chi connectivity index (χ3n) is 9.64. The first kappa shape index (κ1) is 46.9. The summed E-state index contributed by atoms with van der Waals surface area (Å²) >= 11 is -0.826. The van der Waals surface area contributed by atoms with Gasteiger partial charge in [-0.15, -0.1) is 69.1 Å². The number of carbonyl (C=O) groups excluding carboxylic acids is 2. The second kappa shape index (κ2) is 25.0. The molecule has 0 atom stereocenters. The van der Waals surface area contributed by atoms with Crippen LogP contribution in [0.2, 0.25) is 0 Å². The van der Waals surface area contributed by atoms with Gasteiger partial charge in [-0.3, -0.25) is 9.59 Å². The van der Waals surface area contributed by atoms with Gasteiger partial charge in [0.2, 0.25) is 11.8 Å². The van der Waals surface area contributed by atoms with Crippen molar-refractivity contribution in [1.29, 1.82) is 0 Å². The first-order chi connectivity index (χ1) is 27.0. The molecule has 0 saturated carbocycles. The van der Waals surface area contributed by atoms with Crippen LogP contribution in [0.5, 0.6) is 0 Å². The molecule has 0 aliphatic carbocycles. The van der Waals surface area contributed by atoms with E-state index in [1.165, 1.54) is 86.4 Å². The van der Waals surface area contributed by atoms with E-state index >= 15 is 0 Å². The molecule has 0 aromatic heterocycles. The molecule has 0 bridgehead atoms. The van der Waals surface area contributed by atoms with Crippen LogP contribution in [0, 0.1) is 0 Å². The molecule has 0 heterocycles. The van der Waals surface area contributed by atoms with Gasteiger partial charge in [0.25, 0.3) is 0 Å². The number of amides is 2. The SMILES string of the molecule is CCC(=O)N[B]NC(=O)CC.CCCc1ccccc1-c1cccc2[cH-]c(C(C)C)cc12.CCCc1ccccc1-c1cccc2[cH-]c(C(C)C)cc12.[Cl][Zr+2][Cl]. The van der Waals surface area contributed by atoms with Crippen LogP contribution in [0.4, 0.5) is 0 Å². The minimum absolute atomic E-state index is 0.110. The van der Waals surface area contributed by atoms with Crippen molar-refractivity contribution < 1.29 is 30.4 Å². The monoisotopic (exact) mass is 865 g/mol. The van der Waals surface area contributed by atoms with Crippen molar-refractivity contribution in [3.05, 3.63) is 131 Å². The Hall–Kier alpha value is -3.43. The van der Waals surface area contributed by atoms with Gasteiger partial charge in [-0.05, 0) is 46.9 Å². The molecule has 0 unspecified atom stereocenters. The molecule has 6 rings (SSSR count). The van der Waals surface area contributed by atoms with Crippen molar-refractivity contribution >= 4 is 57.9 Å². The molecule has 6 aromatic rings. The summed E-state index contributed by atoms with van der Waals surface area (Å²) in [5, 5.41) is 10.3. The van der Waals surface area contributed by atoms with Crippen LogP contribution in [0.3, 0.4) is 0 Å². The van der Waals surface area contributed by atoms with Crippen molar-refractivity contribution in [2.24, 2.45) is 0 Å². The van der Waals surface area contributed by atoms with Crippen molar-refractivity contribution in [2.45, 2.75) is 106 Å². The molecule has 293 valence electrons. The zero-order valence-electron chi connectivity index (χ0n) is 34.4. The zero-order chi connectivity index (χ0) is 41.0. The van der Waals surface area contributed by atoms with Gasteiger partial charge in [0.15, 0.2) is 0 Å². The molecule has 2 N–H and O–H groups in total. The fourth-order valence-electron chi connectivity index (χ4n) is 6.59. The molecule has 8 heteroatoms. The zero-order valence-corrected chi connectivity index (χ0v) is 38.4. The van der Waals surface area contributed by atoms with Gasteiger partial charge >= 0.3 is 45.4 Å². The number of hydrogen-bond donors (Lipinski definition) is 2. The Morgan fingerprint density at radius 1 is 0.589 bits per heavy atom. The summed E-state index contributed by atoms with van der Waals surface area (Å²) in [6.07, 6.45) is 5.49. The summed E-state index contributed by atoms with van der Waals surface area (Å²) in [5.41, 5.74) is 11.3. The van der Waals surface area contributed by atoms with Gasteiger partial charge in [-0.1, -0.05) is 140 Å². The van der Waals surface area contributed by atoms with E-state index in [0.717, 1.165) is 12.8 Å². The van der Waals surface area contributed by atoms with Crippen LogP contribution in [0.25, 0.3) is 43.8 Å². The fourth-order valence-corrected chi connectivity index (χ4v) is 6.59. The number of aryl methyl sites for hydroxylation is 2. The van der Waals surface area contributed by atoms with Crippen molar-refractivity contribution in [2.75, 3.05) is 0 Å². The van der Waals surface area contributed by atoms with E-state index in [2.05, 4.69) is 161 Å². The molecular formula is C48H58BCl2N2O2Zr. The van der Waals surface area contributed by atoms with Crippen LogP contribution in [-0.2, 0) is 43.3 Å². The average molecular weight is 868 g/mol. The Morgan fingerprint density at radius 2 is 0.946 bits per heavy atom. The average Bonchev–Trinajstić information content (AvgIpc) is 3.85. The Morgan fingerprint density at radius 3 is 1.29 bits per heavy atom. The number of carbonyl (C=O) groups is 2. The van der Waals surface area contributed by atoms with E-state index < -0.39 is 20.8 Å². The van der Waals surface area contributed by atoms with Gasteiger partial charge in [-0.2, -0.15) is 12.1 Å². The normalized spacial score (nSPS) is 10.4. The van der Waals surface area contributed by atoms with Crippen molar-refractivity contribution in [1.82, 2.24) is 10.5 Å². The second-order valence-electron chi connectivity index (χ2n) is 14.4. The summed E-state index contributed by atoms with van der Waals surface area (Å²) in [5.74, 6) is 0.940. The van der Waals surface area contributed by atoms with Crippen molar-refractivity contribution in [3.8, 4) is 22.3 Å². The van der Waals surface area contributed by atoms with Crippen LogP contribution < -0.4 is 10.5 Å². The third-order valence-corrected chi connectivity index (χ3v) is 9.64. The standard InChI is InChI=1S/2C21H23.C6H12BN2O2.2ClH.Zr/c2*1-4-8-16-9-5-6-11-19(16)20-12-7-10-17-13-18(15(2)3)14-21(17)20;1-3-5(10)8-7-9-6(11)4-2;;;/h2*5-7,9-15H,4,8H2,1-3H3;3-4H2,1-2H3,(H,8,10)(H,9,11);2*1H;/q2*-1;;;;+4/p-2. The molecule has 0 fully saturated rings. The third kappa shape index (κ3) is 13.9. The second-order valence-corrected chi connectivity index (χ2v) is 18.1. The summed E-state index contributed by atoms with van der Waals surface area (Å²) < 4.78 is 0. The predicted octanol–water partition coefficient (Wildman–Crippen LogP) is 13.6. The number of halogens is 2. The molecule has 6 aromatic carbocycles. The summed E-state index contributed by atoms with van der Waals surface area (Å²) in [7, 11) is 11.1. The number of benzene rings is 4. The Balaban J connectivity index is 0.000000228. The maximum absolute atomic E-state index is 10.6. The van der Waals surface area contributed by atoms with E-state index in [4.69, 9.17) is 17.0 Å². The van der Waals surface area contributed by atoms with Gasteiger partial charge in [0, 0.05) is 12.8 Å². The Labute approximate surface area is 355 Å². The van der Waals surface area contributed by atoms with Crippen LogP contribution in [0.15, 0.2) is 109 Å². The topological polar surface area (TPSA) is 58.2 Å². The first-order valence-corrected chi connectivity index (χ1v) is 26.3. The van der Waals surface area contributed by atoms with E-state index in [0.29, 0.717) is 24.7 Å². The predicted molar refractivity (Wildman–Crippen MR) is 240 cm³/mol. The molecule has 0 aliphatic rings.